The van der Waals surface area contributed by atoms with Crippen molar-refractivity contribution in [3.05, 3.63) is 27.8 Å². The second-order valence-corrected chi connectivity index (χ2v) is 7.74. The predicted octanol–water partition coefficient (Wildman–Crippen LogP) is 2.80. The van der Waals surface area contributed by atoms with Gasteiger partial charge in [-0.25, -0.2) is 8.42 Å². The molecule has 130 valence electrons. The molecule has 6 heteroatoms. The molecule has 0 aliphatic heterocycles. The van der Waals surface area contributed by atoms with Crippen molar-refractivity contribution >= 4 is 16.0 Å². The van der Waals surface area contributed by atoms with E-state index in [1.807, 2.05) is 41.5 Å². The molecule has 0 aliphatic rings. The molecule has 0 atom stereocenters. The SMILES string of the molecule is CCCN(CC(=O)OC)S(=O)(=O)c1c(C)c(C)c(C)c(C)c1C. The van der Waals surface area contributed by atoms with Crippen LogP contribution in [0.25, 0.3) is 0 Å². The molecule has 0 heterocycles. The third kappa shape index (κ3) is 3.75. The van der Waals surface area contributed by atoms with Gasteiger partial charge < -0.3 is 4.74 Å². The molecular weight excluding hydrogens is 314 g/mol. The molecule has 0 amide bonds. The van der Waals surface area contributed by atoms with Crippen LogP contribution in [0.5, 0.6) is 0 Å². The van der Waals surface area contributed by atoms with Crippen LogP contribution >= 0.6 is 0 Å². The Bertz CT molecular complexity index is 679. The Labute approximate surface area is 139 Å². The van der Waals surface area contributed by atoms with Crippen LogP contribution in [0.2, 0.25) is 0 Å². The summed E-state index contributed by atoms with van der Waals surface area (Å²) in [6.45, 7) is 11.4. The quantitative estimate of drug-likeness (QED) is 0.746. The van der Waals surface area contributed by atoms with Gasteiger partial charge in [0.25, 0.3) is 0 Å². The van der Waals surface area contributed by atoms with Crippen molar-refractivity contribution in [3.8, 4) is 0 Å². The Morgan fingerprint density at radius 2 is 1.39 bits per heavy atom. The van der Waals surface area contributed by atoms with Crippen LogP contribution in [-0.2, 0) is 19.6 Å². The van der Waals surface area contributed by atoms with Crippen molar-refractivity contribution < 1.29 is 17.9 Å². The van der Waals surface area contributed by atoms with E-state index < -0.39 is 16.0 Å². The Hall–Kier alpha value is -1.40. The van der Waals surface area contributed by atoms with Crippen molar-refractivity contribution in [2.75, 3.05) is 20.2 Å². The maximum Gasteiger partial charge on any atom is 0.321 e. The first-order valence-electron chi connectivity index (χ1n) is 7.73. The van der Waals surface area contributed by atoms with E-state index in [2.05, 4.69) is 4.74 Å². The van der Waals surface area contributed by atoms with Crippen molar-refractivity contribution in [2.24, 2.45) is 0 Å². The number of nitrogens with zero attached hydrogens (tertiary/aromatic N) is 1. The highest BCUT2D eigenvalue weighted by Crippen LogP contribution is 2.31. The van der Waals surface area contributed by atoms with Crippen LogP contribution in [0.1, 0.15) is 41.2 Å². The van der Waals surface area contributed by atoms with Gasteiger partial charge in [0.15, 0.2) is 0 Å². The maximum atomic E-state index is 13.1. The highest BCUT2D eigenvalue weighted by molar-refractivity contribution is 7.89. The van der Waals surface area contributed by atoms with Crippen LogP contribution in [-0.4, -0.2) is 38.9 Å². The lowest BCUT2D eigenvalue weighted by Gasteiger charge is -2.25. The number of ether oxygens (including phenoxy) is 1. The molecule has 0 spiro atoms. The van der Waals surface area contributed by atoms with Gasteiger partial charge in [-0.15, -0.1) is 0 Å². The molecule has 1 aromatic rings. The van der Waals surface area contributed by atoms with Gasteiger partial charge in [0, 0.05) is 6.54 Å². The van der Waals surface area contributed by atoms with Crippen molar-refractivity contribution in [1.82, 2.24) is 4.31 Å². The highest BCUT2D eigenvalue weighted by atomic mass is 32.2. The van der Waals surface area contributed by atoms with E-state index >= 15 is 0 Å². The van der Waals surface area contributed by atoms with Gasteiger partial charge in [-0.1, -0.05) is 6.92 Å². The van der Waals surface area contributed by atoms with E-state index in [9.17, 15) is 13.2 Å². The van der Waals surface area contributed by atoms with Crippen LogP contribution in [0.3, 0.4) is 0 Å². The summed E-state index contributed by atoms with van der Waals surface area (Å²) in [6, 6.07) is 0. The number of methoxy groups -OCH3 is 1. The molecule has 0 saturated carbocycles. The third-order valence-electron chi connectivity index (χ3n) is 4.54. The summed E-state index contributed by atoms with van der Waals surface area (Å²) in [4.78, 5) is 11.9. The summed E-state index contributed by atoms with van der Waals surface area (Å²) in [7, 11) is -2.50. The molecule has 23 heavy (non-hydrogen) atoms. The zero-order valence-electron chi connectivity index (χ0n) is 15.1. The van der Waals surface area contributed by atoms with Gasteiger partial charge in [0.2, 0.25) is 10.0 Å². The molecule has 1 aromatic carbocycles. The molecule has 0 N–H and O–H groups in total. The summed E-state index contributed by atoms with van der Waals surface area (Å²) in [5.41, 5.74) is 4.55. The smallest absolute Gasteiger partial charge is 0.321 e. The zero-order chi connectivity index (χ0) is 17.9. The summed E-state index contributed by atoms with van der Waals surface area (Å²) in [5.74, 6) is -0.558. The molecule has 1 rings (SSSR count). The van der Waals surface area contributed by atoms with Gasteiger partial charge >= 0.3 is 5.97 Å². The first-order valence-corrected chi connectivity index (χ1v) is 9.17. The molecule has 5 nitrogen and oxygen atoms in total. The third-order valence-corrected chi connectivity index (χ3v) is 6.65. The van der Waals surface area contributed by atoms with E-state index in [1.165, 1.54) is 11.4 Å². The minimum atomic E-state index is -3.76. The number of carbonyl (C=O) groups is 1. The Balaban J connectivity index is 3.55. The molecule has 0 bridgehead atoms. The predicted molar refractivity (Wildman–Crippen MR) is 91.2 cm³/mol. The highest BCUT2D eigenvalue weighted by Gasteiger charge is 2.31. The fraction of sp³-hybridized carbons (Fsp3) is 0.588. The second-order valence-electron chi connectivity index (χ2n) is 5.87. The lowest BCUT2D eigenvalue weighted by atomic mass is 9.95. The Morgan fingerprint density at radius 3 is 1.78 bits per heavy atom. The molecule has 0 aliphatic carbocycles. The number of hydrogen-bond donors (Lipinski definition) is 0. The maximum absolute atomic E-state index is 13.1. The number of hydrogen-bond acceptors (Lipinski definition) is 4. The number of esters is 1. The van der Waals surface area contributed by atoms with Crippen LogP contribution in [0, 0.1) is 34.6 Å². The summed E-state index contributed by atoms with van der Waals surface area (Å²) in [5, 5.41) is 0. The minimum Gasteiger partial charge on any atom is -0.468 e. The normalized spacial score (nSPS) is 11.8. The van der Waals surface area contributed by atoms with E-state index in [-0.39, 0.29) is 13.1 Å². The first kappa shape index (κ1) is 19.6. The van der Waals surface area contributed by atoms with Gasteiger partial charge in [0.1, 0.15) is 6.54 Å². The summed E-state index contributed by atoms with van der Waals surface area (Å²) >= 11 is 0. The van der Waals surface area contributed by atoms with E-state index in [1.54, 1.807) is 0 Å². The lowest BCUT2D eigenvalue weighted by molar-refractivity contribution is -0.140. The molecule has 0 aromatic heterocycles. The Morgan fingerprint density at radius 1 is 0.957 bits per heavy atom. The van der Waals surface area contributed by atoms with Crippen LogP contribution in [0.15, 0.2) is 4.90 Å². The standard InChI is InChI=1S/C17H27NO4S/c1-8-9-18(10-16(19)22-7)23(20,21)17-14(5)12(3)11(2)13(4)15(17)6/h8-10H2,1-7H3. The summed E-state index contributed by atoms with van der Waals surface area (Å²) in [6.07, 6.45) is 0.623. The molecule has 0 saturated heterocycles. The molecule has 0 unspecified atom stereocenters. The molecular formula is C17H27NO4S. The summed E-state index contributed by atoms with van der Waals surface area (Å²) < 4.78 is 32.1. The molecule has 0 fully saturated rings. The van der Waals surface area contributed by atoms with Gasteiger partial charge in [-0.3, -0.25) is 4.79 Å². The average molecular weight is 341 g/mol. The van der Waals surface area contributed by atoms with Crippen molar-refractivity contribution in [3.63, 3.8) is 0 Å². The largest absolute Gasteiger partial charge is 0.468 e. The van der Waals surface area contributed by atoms with Gasteiger partial charge in [-0.2, -0.15) is 4.31 Å². The van der Waals surface area contributed by atoms with E-state index in [4.69, 9.17) is 0 Å². The van der Waals surface area contributed by atoms with Crippen LogP contribution < -0.4 is 0 Å². The first-order chi connectivity index (χ1) is 10.6. The van der Waals surface area contributed by atoms with Gasteiger partial charge in [0.05, 0.1) is 12.0 Å². The Kier molecular flexibility index (Phi) is 6.36. The average Bonchev–Trinajstić information content (AvgIpc) is 2.50. The van der Waals surface area contributed by atoms with E-state index in [0.29, 0.717) is 11.3 Å². The zero-order valence-corrected chi connectivity index (χ0v) is 15.9. The van der Waals surface area contributed by atoms with E-state index in [0.717, 1.165) is 27.8 Å². The number of rotatable bonds is 6. The molecule has 0 radical (unpaired) electrons. The van der Waals surface area contributed by atoms with Crippen LogP contribution in [0.4, 0.5) is 0 Å². The van der Waals surface area contributed by atoms with Gasteiger partial charge in [-0.05, 0) is 68.9 Å². The lowest BCUT2D eigenvalue weighted by Crippen LogP contribution is -2.37. The van der Waals surface area contributed by atoms with Crippen molar-refractivity contribution in [2.45, 2.75) is 52.9 Å². The topological polar surface area (TPSA) is 63.7 Å². The minimum absolute atomic E-state index is 0.266. The number of benzene rings is 1. The fourth-order valence-corrected chi connectivity index (χ4v) is 4.76. The fourth-order valence-electron chi connectivity index (χ4n) is 2.72. The monoisotopic (exact) mass is 341 g/mol. The van der Waals surface area contributed by atoms with Crippen molar-refractivity contribution in [1.29, 1.82) is 0 Å². The number of carbonyl (C=O) groups excluding carboxylic acids is 1. The second kappa shape index (κ2) is 7.45. The number of sulfonamides is 1.